The Kier molecular flexibility index (Phi) is 7.52. The van der Waals surface area contributed by atoms with Crippen molar-refractivity contribution in [2.75, 3.05) is 27.2 Å². The maximum Gasteiger partial charge on any atom is 0.0267 e. The molecule has 1 atom stereocenters. The van der Waals surface area contributed by atoms with Gasteiger partial charge in [-0.25, -0.2) is 0 Å². The smallest absolute Gasteiger partial charge is 0.0267 e. The van der Waals surface area contributed by atoms with Gasteiger partial charge in [-0.05, 0) is 39.9 Å². The molecule has 0 aromatic rings. The summed E-state index contributed by atoms with van der Waals surface area (Å²) >= 11 is 0. The Bertz CT molecular complexity index is 155. The van der Waals surface area contributed by atoms with Crippen LogP contribution in [-0.4, -0.2) is 38.1 Å². The number of nitrogens with one attached hydrogen (secondary N) is 1. The van der Waals surface area contributed by atoms with Crippen LogP contribution in [0.1, 0.15) is 26.2 Å². The summed E-state index contributed by atoms with van der Waals surface area (Å²) in [6.07, 6.45) is 3.14. The van der Waals surface area contributed by atoms with Crippen LogP contribution in [0.25, 0.3) is 0 Å². The van der Waals surface area contributed by atoms with E-state index in [9.17, 15) is 0 Å². The Labute approximate surface area is 88.3 Å². The lowest BCUT2D eigenvalue weighted by atomic mass is 10.1. The average Bonchev–Trinajstić information content (AvgIpc) is 2.14. The first-order valence-electron chi connectivity index (χ1n) is 5.39. The lowest BCUT2D eigenvalue weighted by molar-refractivity contribution is 0.402. The molecule has 0 fully saturated rings. The van der Waals surface area contributed by atoms with Gasteiger partial charge in [0.15, 0.2) is 0 Å². The fourth-order valence-electron chi connectivity index (χ4n) is 1.30. The zero-order valence-corrected chi connectivity index (χ0v) is 9.84. The van der Waals surface area contributed by atoms with Gasteiger partial charge in [0, 0.05) is 18.3 Å². The molecule has 1 unspecified atom stereocenters. The first kappa shape index (κ1) is 13.5. The third-order valence-electron chi connectivity index (χ3n) is 2.28. The first-order valence-corrected chi connectivity index (χ1v) is 5.39. The van der Waals surface area contributed by atoms with Gasteiger partial charge >= 0.3 is 0 Å². The summed E-state index contributed by atoms with van der Waals surface area (Å²) in [7, 11) is 4.15. The van der Waals surface area contributed by atoms with Gasteiger partial charge in [-0.3, -0.25) is 0 Å². The summed E-state index contributed by atoms with van der Waals surface area (Å²) in [6, 6.07) is 0.495. The maximum atomic E-state index is 5.52. The fraction of sp³-hybridized carbons (Fsp3) is 0.818. The van der Waals surface area contributed by atoms with E-state index in [1.54, 1.807) is 0 Å². The van der Waals surface area contributed by atoms with Crippen molar-refractivity contribution in [3.63, 3.8) is 0 Å². The van der Waals surface area contributed by atoms with Crippen molar-refractivity contribution < 1.29 is 0 Å². The topological polar surface area (TPSA) is 41.3 Å². The Hall–Kier alpha value is -0.540. The molecule has 3 nitrogen and oxygen atoms in total. The second-order valence-corrected chi connectivity index (χ2v) is 3.98. The normalized spacial score (nSPS) is 12.9. The van der Waals surface area contributed by atoms with Crippen molar-refractivity contribution in [3.8, 4) is 0 Å². The van der Waals surface area contributed by atoms with Crippen LogP contribution in [0.15, 0.2) is 12.3 Å². The van der Waals surface area contributed by atoms with E-state index in [-0.39, 0.29) is 0 Å². The highest BCUT2D eigenvalue weighted by Crippen LogP contribution is 2.02. The molecule has 0 aliphatic carbocycles. The Morgan fingerprint density at radius 3 is 2.57 bits per heavy atom. The summed E-state index contributed by atoms with van der Waals surface area (Å²) in [6.45, 7) is 7.98. The van der Waals surface area contributed by atoms with Crippen molar-refractivity contribution in [2.24, 2.45) is 5.73 Å². The Morgan fingerprint density at radius 1 is 1.50 bits per heavy atom. The molecule has 0 aliphatic heterocycles. The Balaban J connectivity index is 3.67. The molecule has 84 valence electrons. The monoisotopic (exact) mass is 199 g/mol. The summed E-state index contributed by atoms with van der Waals surface area (Å²) in [5, 5.41) is 3.42. The van der Waals surface area contributed by atoms with Crippen LogP contribution in [0, 0.1) is 0 Å². The predicted molar refractivity (Wildman–Crippen MR) is 63.2 cm³/mol. The van der Waals surface area contributed by atoms with Crippen molar-refractivity contribution in [2.45, 2.75) is 32.2 Å². The minimum Gasteiger partial charge on any atom is -0.386 e. The molecule has 0 amide bonds. The van der Waals surface area contributed by atoms with E-state index in [4.69, 9.17) is 5.73 Å². The summed E-state index contributed by atoms with van der Waals surface area (Å²) < 4.78 is 0. The second kappa shape index (κ2) is 7.83. The largest absolute Gasteiger partial charge is 0.386 e. The van der Waals surface area contributed by atoms with Gasteiger partial charge in [0.1, 0.15) is 0 Å². The highest BCUT2D eigenvalue weighted by Gasteiger charge is 2.05. The number of hydrogen-bond acceptors (Lipinski definition) is 3. The third-order valence-corrected chi connectivity index (χ3v) is 2.28. The second-order valence-electron chi connectivity index (χ2n) is 3.98. The fourth-order valence-corrected chi connectivity index (χ4v) is 1.30. The predicted octanol–water partition coefficient (Wildman–Crippen LogP) is 1.17. The van der Waals surface area contributed by atoms with E-state index < -0.39 is 0 Å². The van der Waals surface area contributed by atoms with Crippen molar-refractivity contribution in [3.05, 3.63) is 12.3 Å². The minimum absolute atomic E-state index is 0.495. The van der Waals surface area contributed by atoms with E-state index in [0.717, 1.165) is 38.0 Å². The highest BCUT2D eigenvalue weighted by atomic mass is 15.1. The molecule has 0 rings (SSSR count). The van der Waals surface area contributed by atoms with Gasteiger partial charge in [0.2, 0.25) is 0 Å². The third kappa shape index (κ3) is 6.92. The van der Waals surface area contributed by atoms with Crippen LogP contribution in [0.2, 0.25) is 0 Å². The van der Waals surface area contributed by atoms with E-state index in [1.807, 2.05) is 0 Å². The van der Waals surface area contributed by atoms with Crippen LogP contribution < -0.4 is 11.1 Å². The molecular formula is C11H25N3. The minimum atomic E-state index is 0.495. The number of nitrogens with zero attached hydrogens (tertiary/aromatic N) is 1. The van der Waals surface area contributed by atoms with Gasteiger partial charge in [-0.15, -0.1) is 0 Å². The van der Waals surface area contributed by atoms with E-state index >= 15 is 0 Å². The molecule has 0 aliphatic rings. The molecule has 0 radical (unpaired) electrons. The van der Waals surface area contributed by atoms with E-state index in [1.165, 1.54) is 0 Å². The zero-order valence-electron chi connectivity index (χ0n) is 9.84. The standard InChI is InChI=1S/C11H25N3/c1-5-11(6-8-12)13-10(2)7-9-14(3)4/h11,13H,2,5-9,12H2,1,3-4H3. The van der Waals surface area contributed by atoms with E-state index in [2.05, 4.69) is 37.8 Å². The highest BCUT2D eigenvalue weighted by molar-refractivity contribution is 4.94. The average molecular weight is 199 g/mol. The summed E-state index contributed by atoms with van der Waals surface area (Å²) in [5.74, 6) is 0. The quantitative estimate of drug-likeness (QED) is 0.616. The van der Waals surface area contributed by atoms with Crippen molar-refractivity contribution in [1.29, 1.82) is 0 Å². The molecule has 14 heavy (non-hydrogen) atoms. The van der Waals surface area contributed by atoms with Crippen molar-refractivity contribution >= 4 is 0 Å². The SMILES string of the molecule is C=C(CCN(C)C)NC(CC)CCN. The van der Waals surface area contributed by atoms with Crippen LogP contribution in [0.4, 0.5) is 0 Å². The van der Waals surface area contributed by atoms with Crippen LogP contribution in [0.3, 0.4) is 0 Å². The molecule has 3 N–H and O–H groups in total. The molecule has 0 aromatic heterocycles. The molecule has 0 saturated heterocycles. The number of nitrogens with two attached hydrogens (primary N) is 1. The zero-order chi connectivity index (χ0) is 11.0. The number of hydrogen-bond donors (Lipinski definition) is 2. The van der Waals surface area contributed by atoms with E-state index in [0.29, 0.717) is 6.04 Å². The molecule has 0 bridgehead atoms. The molecule has 0 aromatic carbocycles. The van der Waals surface area contributed by atoms with Gasteiger partial charge in [-0.2, -0.15) is 0 Å². The molecule has 0 saturated carbocycles. The summed E-state index contributed by atoms with van der Waals surface area (Å²) in [4.78, 5) is 2.16. The maximum absolute atomic E-state index is 5.52. The lowest BCUT2D eigenvalue weighted by Crippen LogP contribution is -2.30. The Morgan fingerprint density at radius 2 is 2.14 bits per heavy atom. The van der Waals surface area contributed by atoms with Gasteiger partial charge < -0.3 is 16.0 Å². The van der Waals surface area contributed by atoms with Gasteiger partial charge in [0.05, 0.1) is 0 Å². The molecule has 0 heterocycles. The number of rotatable bonds is 8. The van der Waals surface area contributed by atoms with Gasteiger partial charge in [-0.1, -0.05) is 13.5 Å². The molecular weight excluding hydrogens is 174 g/mol. The van der Waals surface area contributed by atoms with Gasteiger partial charge in [0.25, 0.3) is 0 Å². The van der Waals surface area contributed by atoms with Crippen LogP contribution >= 0.6 is 0 Å². The van der Waals surface area contributed by atoms with Crippen molar-refractivity contribution in [1.82, 2.24) is 10.2 Å². The molecule has 0 spiro atoms. The summed E-state index contributed by atoms with van der Waals surface area (Å²) in [5.41, 5.74) is 6.65. The molecule has 3 heteroatoms. The van der Waals surface area contributed by atoms with Crippen LogP contribution in [0.5, 0.6) is 0 Å². The first-order chi connectivity index (χ1) is 6.60. The lowest BCUT2D eigenvalue weighted by Gasteiger charge is -2.20. The van der Waals surface area contributed by atoms with Crippen LogP contribution in [-0.2, 0) is 0 Å².